The van der Waals surface area contributed by atoms with E-state index in [0.29, 0.717) is 0 Å². The lowest BCUT2D eigenvalue weighted by molar-refractivity contribution is -0.383. The van der Waals surface area contributed by atoms with Crippen LogP contribution in [-0.4, -0.2) is 30.4 Å². The van der Waals surface area contributed by atoms with Crippen molar-refractivity contribution in [3.63, 3.8) is 0 Å². The monoisotopic (exact) mass is 360 g/mol. The first-order valence-electron chi connectivity index (χ1n) is 6.42. The molecule has 23 heavy (non-hydrogen) atoms. The first-order valence-corrected chi connectivity index (χ1v) is 7.91. The minimum Gasteiger partial charge on any atom is -0.324 e. The van der Waals surface area contributed by atoms with E-state index in [0.717, 1.165) is 6.07 Å². The highest BCUT2D eigenvalue weighted by Gasteiger charge is 2.24. The van der Waals surface area contributed by atoms with Gasteiger partial charge in [0, 0.05) is 24.3 Å². The molecule has 0 saturated heterocycles. The second-order valence-electron chi connectivity index (χ2n) is 5.55. The Hall–Kier alpha value is -1.81. The van der Waals surface area contributed by atoms with Crippen molar-refractivity contribution < 1.29 is 13.3 Å². The van der Waals surface area contributed by atoms with E-state index in [1.807, 2.05) is 0 Å². The fraction of sp³-hybridized carbons (Fsp3) is 0.308. The Kier molecular flexibility index (Phi) is 5.65. The van der Waals surface area contributed by atoms with Gasteiger partial charge in [0.25, 0.3) is 5.69 Å². The second kappa shape index (κ2) is 6.75. The average molecular weight is 361 g/mol. The molecule has 0 fully saturated rings. The molecule has 0 aliphatic rings. The first-order chi connectivity index (χ1) is 10.1. The minimum absolute atomic E-state index is 0. The number of nitrogens with one attached hydrogen (secondary N) is 1. The summed E-state index contributed by atoms with van der Waals surface area (Å²) in [4.78, 5) is 14.3. The van der Waals surface area contributed by atoms with Crippen molar-refractivity contribution in [3.8, 4) is 0 Å². The summed E-state index contributed by atoms with van der Waals surface area (Å²) in [5.41, 5.74) is 4.90. The van der Waals surface area contributed by atoms with Crippen LogP contribution in [-0.2, 0) is 10.0 Å². The van der Waals surface area contributed by atoms with Crippen molar-refractivity contribution in [2.45, 2.75) is 24.3 Å². The lowest BCUT2D eigenvalue weighted by Gasteiger charge is -2.19. The molecular formula is C13H17ClN4O4S. The van der Waals surface area contributed by atoms with Crippen LogP contribution in [0.5, 0.6) is 0 Å². The molecule has 0 spiro atoms. The molecule has 0 bridgehead atoms. The van der Waals surface area contributed by atoms with Crippen LogP contribution in [0.2, 0.25) is 0 Å². The predicted octanol–water partition coefficient (Wildman–Crippen LogP) is 1.58. The van der Waals surface area contributed by atoms with E-state index in [9.17, 15) is 18.5 Å². The Morgan fingerprint density at radius 2 is 2.00 bits per heavy atom. The molecule has 10 heteroatoms. The number of rotatable bonds is 5. The molecular weight excluding hydrogens is 344 g/mol. The molecule has 1 heterocycles. The third kappa shape index (κ3) is 4.35. The van der Waals surface area contributed by atoms with Crippen molar-refractivity contribution in [1.29, 1.82) is 0 Å². The van der Waals surface area contributed by atoms with Crippen LogP contribution >= 0.6 is 12.4 Å². The zero-order valence-electron chi connectivity index (χ0n) is 12.5. The van der Waals surface area contributed by atoms with E-state index in [4.69, 9.17) is 5.73 Å². The molecule has 2 rings (SSSR count). The van der Waals surface area contributed by atoms with E-state index >= 15 is 0 Å². The molecule has 0 atom stereocenters. The molecule has 3 N–H and O–H groups in total. The van der Waals surface area contributed by atoms with Crippen molar-refractivity contribution in [2.24, 2.45) is 5.73 Å². The lowest BCUT2D eigenvalue weighted by atomic mass is 10.1. The summed E-state index contributed by atoms with van der Waals surface area (Å²) in [5, 5.41) is 11.2. The van der Waals surface area contributed by atoms with Crippen LogP contribution in [0.4, 0.5) is 5.69 Å². The number of hydrogen-bond acceptors (Lipinski definition) is 6. The summed E-state index contributed by atoms with van der Waals surface area (Å²) in [7, 11) is -3.88. The highest BCUT2D eigenvalue weighted by molar-refractivity contribution is 7.89. The van der Waals surface area contributed by atoms with Gasteiger partial charge in [-0.3, -0.25) is 15.1 Å². The summed E-state index contributed by atoms with van der Waals surface area (Å²) < 4.78 is 27.2. The van der Waals surface area contributed by atoms with E-state index in [1.165, 1.54) is 24.4 Å². The Bertz CT molecular complexity index is 833. The summed E-state index contributed by atoms with van der Waals surface area (Å²) >= 11 is 0. The molecule has 8 nitrogen and oxygen atoms in total. The molecule has 0 saturated carbocycles. The summed E-state index contributed by atoms with van der Waals surface area (Å²) in [5.74, 6) is 0. The van der Waals surface area contributed by atoms with E-state index in [2.05, 4.69) is 9.71 Å². The largest absolute Gasteiger partial charge is 0.324 e. The van der Waals surface area contributed by atoms with Crippen LogP contribution in [0, 0.1) is 10.1 Å². The number of hydrogen-bond donors (Lipinski definition) is 2. The van der Waals surface area contributed by atoms with Gasteiger partial charge >= 0.3 is 0 Å². The Morgan fingerprint density at radius 1 is 1.35 bits per heavy atom. The van der Waals surface area contributed by atoms with Crippen molar-refractivity contribution in [2.75, 3.05) is 6.54 Å². The van der Waals surface area contributed by atoms with E-state index < -0.39 is 20.5 Å². The number of nitrogens with two attached hydrogens (primary N) is 1. The zero-order chi connectivity index (χ0) is 16.5. The number of sulfonamides is 1. The first kappa shape index (κ1) is 19.2. The quantitative estimate of drug-likeness (QED) is 0.615. The van der Waals surface area contributed by atoms with Crippen molar-refractivity contribution >= 4 is 39.0 Å². The molecule has 0 aliphatic carbocycles. The Labute approximate surface area is 139 Å². The van der Waals surface area contributed by atoms with Gasteiger partial charge < -0.3 is 5.73 Å². The average Bonchev–Trinajstić information content (AvgIpc) is 2.43. The van der Waals surface area contributed by atoms with Gasteiger partial charge in [-0.1, -0.05) is 0 Å². The summed E-state index contributed by atoms with van der Waals surface area (Å²) in [6, 6.07) is 5.32. The number of halogens is 1. The maximum absolute atomic E-state index is 12.4. The molecule has 0 radical (unpaired) electrons. The molecule has 126 valence electrons. The van der Waals surface area contributed by atoms with Crippen LogP contribution in [0.25, 0.3) is 10.9 Å². The van der Waals surface area contributed by atoms with Crippen molar-refractivity contribution in [1.82, 2.24) is 9.71 Å². The topological polar surface area (TPSA) is 128 Å². The van der Waals surface area contributed by atoms with Gasteiger partial charge in [-0.25, -0.2) is 13.1 Å². The highest BCUT2D eigenvalue weighted by atomic mass is 35.5. The third-order valence-electron chi connectivity index (χ3n) is 2.91. The molecule has 0 amide bonds. The Balaban J connectivity index is 0.00000264. The summed E-state index contributed by atoms with van der Waals surface area (Å²) in [6.45, 7) is 3.39. The maximum atomic E-state index is 12.4. The summed E-state index contributed by atoms with van der Waals surface area (Å²) in [6.07, 6.45) is 1.39. The van der Waals surface area contributed by atoms with Gasteiger partial charge in [-0.15, -0.1) is 12.4 Å². The number of pyridine rings is 1. The number of benzene rings is 1. The van der Waals surface area contributed by atoms with Crippen LogP contribution in [0.15, 0.2) is 35.4 Å². The van der Waals surface area contributed by atoms with E-state index in [1.54, 1.807) is 13.8 Å². The number of aromatic nitrogens is 1. The number of non-ortho nitro benzene ring substituents is 1. The standard InChI is InChI=1S/C13H16N4O4S.ClH/c1-13(2,14)8-16-22(20,21)11-6-5-10(17(18)19)9-4-3-7-15-12(9)11;/h3-7,16H,8,14H2,1-2H3;1H. The number of fused-ring (bicyclic) bond motifs is 1. The number of nitrogens with zero attached hydrogens (tertiary/aromatic N) is 2. The molecule has 0 unspecified atom stereocenters. The third-order valence-corrected chi connectivity index (χ3v) is 4.35. The normalized spacial score (nSPS) is 12.0. The molecule has 0 aliphatic heterocycles. The fourth-order valence-electron chi connectivity index (χ4n) is 1.87. The van der Waals surface area contributed by atoms with Gasteiger partial charge in [-0.2, -0.15) is 0 Å². The number of nitro benzene ring substituents is 1. The predicted molar refractivity (Wildman–Crippen MR) is 89.1 cm³/mol. The molecule has 1 aromatic heterocycles. The van der Waals surface area contributed by atoms with Crippen LogP contribution in [0.1, 0.15) is 13.8 Å². The maximum Gasteiger partial charge on any atom is 0.278 e. The van der Waals surface area contributed by atoms with E-state index in [-0.39, 0.29) is 40.4 Å². The van der Waals surface area contributed by atoms with Gasteiger partial charge in [0.15, 0.2) is 0 Å². The van der Waals surface area contributed by atoms with Gasteiger partial charge in [0.1, 0.15) is 4.90 Å². The van der Waals surface area contributed by atoms with Gasteiger partial charge in [0.05, 0.1) is 15.8 Å². The SMILES string of the molecule is CC(C)(N)CNS(=O)(=O)c1ccc([N+](=O)[O-])c2cccnc12.Cl. The zero-order valence-corrected chi connectivity index (χ0v) is 14.1. The highest BCUT2D eigenvalue weighted by Crippen LogP contribution is 2.29. The molecule has 2 aromatic rings. The van der Waals surface area contributed by atoms with Crippen LogP contribution in [0.3, 0.4) is 0 Å². The van der Waals surface area contributed by atoms with Crippen molar-refractivity contribution in [3.05, 3.63) is 40.6 Å². The van der Waals surface area contributed by atoms with Gasteiger partial charge in [-0.05, 0) is 32.0 Å². The Morgan fingerprint density at radius 3 is 2.57 bits per heavy atom. The number of nitro groups is 1. The lowest BCUT2D eigenvalue weighted by Crippen LogP contribution is -2.45. The van der Waals surface area contributed by atoms with Crippen LogP contribution < -0.4 is 10.5 Å². The minimum atomic E-state index is -3.88. The second-order valence-corrected chi connectivity index (χ2v) is 7.29. The smallest absolute Gasteiger partial charge is 0.278 e. The van der Waals surface area contributed by atoms with Gasteiger partial charge in [0.2, 0.25) is 10.0 Å². The fourth-order valence-corrected chi connectivity index (χ4v) is 3.25. The molecule has 1 aromatic carbocycles.